The van der Waals surface area contributed by atoms with Crippen molar-refractivity contribution in [2.24, 2.45) is 5.92 Å². The number of nitrogens with one attached hydrogen (secondary N) is 2. The van der Waals surface area contributed by atoms with Gasteiger partial charge in [0.2, 0.25) is 11.8 Å². The molecule has 0 unspecified atom stereocenters. The third-order valence-corrected chi connectivity index (χ3v) is 5.78. The molecule has 3 aromatic rings. The Morgan fingerprint density at radius 1 is 1.26 bits per heavy atom. The summed E-state index contributed by atoms with van der Waals surface area (Å²) in [7, 11) is 0. The summed E-state index contributed by atoms with van der Waals surface area (Å²) in [6.07, 6.45) is -6.25. The summed E-state index contributed by atoms with van der Waals surface area (Å²) in [5.74, 6) is -0.766. The smallest absolute Gasteiger partial charge is 0.364 e. The fraction of sp³-hybridized carbons (Fsp3) is 0.292. The van der Waals surface area contributed by atoms with Crippen molar-refractivity contribution in [1.82, 2.24) is 15.1 Å². The van der Waals surface area contributed by atoms with Crippen molar-refractivity contribution in [3.8, 4) is 16.9 Å². The van der Waals surface area contributed by atoms with Crippen LogP contribution in [0.3, 0.4) is 0 Å². The molecule has 1 fully saturated rings. The van der Waals surface area contributed by atoms with E-state index in [-0.39, 0.29) is 37.2 Å². The van der Waals surface area contributed by atoms with E-state index in [4.69, 9.17) is 16.3 Å². The van der Waals surface area contributed by atoms with E-state index in [1.54, 1.807) is 59.3 Å². The molecule has 0 saturated carbocycles. The number of ether oxygens (including phenoxy) is 1. The average Bonchev–Trinajstić information content (AvgIpc) is 3.43. The van der Waals surface area contributed by atoms with Gasteiger partial charge < -0.3 is 15.4 Å². The van der Waals surface area contributed by atoms with E-state index >= 15 is 0 Å². The van der Waals surface area contributed by atoms with Crippen molar-refractivity contribution >= 4 is 29.2 Å². The van der Waals surface area contributed by atoms with E-state index in [0.717, 1.165) is 6.92 Å². The van der Waals surface area contributed by atoms with Crippen LogP contribution in [0.15, 0.2) is 54.6 Å². The number of carbonyl (C=O) groups excluding carboxylic acids is 2. The number of hydrogen-bond acceptors (Lipinski definition) is 4. The Kier molecular flexibility index (Phi) is 7.13. The monoisotopic (exact) mass is 506 g/mol. The summed E-state index contributed by atoms with van der Waals surface area (Å²) in [5, 5.41) is 10.4. The minimum atomic E-state index is -4.45. The van der Waals surface area contributed by atoms with Crippen LogP contribution in [0.25, 0.3) is 16.9 Å². The fourth-order valence-corrected chi connectivity index (χ4v) is 3.79. The second-order valence-corrected chi connectivity index (χ2v) is 8.63. The van der Waals surface area contributed by atoms with Crippen molar-refractivity contribution in [2.45, 2.75) is 32.2 Å². The number of rotatable bonds is 7. The summed E-state index contributed by atoms with van der Waals surface area (Å²) in [4.78, 5) is 24.1. The minimum Gasteiger partial charge on any atom is -0.364 e. The molecule has 11 heteroatoms. The third kappa shape index (κ3) is 6.01. The molecule has 1 aromatic heterocycles. The van der Waals surface area contributed by atoms with Crippen LogP contribution in [0, 0.1) is 5.92 Å². The van der Waals surface area contributed by atoms with Gasteiger partial charge in [0.1, 0.15) is 0 Å². The zero-order valence-electron chi connectivity index (χ0n) is 18.6. The Labute approximate surface area is 204 Å². The Balaban J connectivity index is 1.64. The number of aromatic nitrogens is 2. The van der Waals surface area contributed by atoms with E-state index in [1.807, 2.05) is 0 Å². The summed E-state index contributed by atoms with van der Waals surface area (Å²) in [6.45, 7) is 0.984. The number of alkyl halides is 3. The summed E-state index contributed by atoms with van der Waals surface area (Å²) < 4.78 is 45.0. The van der Waals surface area contributed by atoms with Gasteiger partial charge in [-0.25, -0.2) is 4.68 Å². The Morgan fingerprint density at radius 2 is 2.03 bits per heavy atom. The van der Waals surface area contributed by atoms with E-state index in [2.05, 4.69) is 15.7 Å². The van der Waals surface area contributed by atoms with Crippen LogP contribution >= 0.6 is 11.6 Å². The topological polar surface area (TPSA) is 85.2 Å². The number of carbonyl (C=O) groups is 2. The summed E-state index contributed by atoms with van der Waals surface area (Å²) in [5.41, 5.74) is 2.39. The van der Waals surface area contributed by atoms with Crippen molar-refractivity contribution in [3.63, 3.8) is 0 Å². The molecule has 0 bridgehead atoms. The standard InChI is InChI=1S/C24H22ClF3N4O3/c1-14(24(26,27)28)35-13-15-4-2-5-16(8-15)20-11-21(30-23(34)17-9-22(33)29-12-17)31-32(20)19-7-3-6-18(25)10-19/h2-8,10-11,14,17H,9,12-13H2,1H3,(H,29,33)(H,30,31,34)/t14-,17+/m1/s1. The first kappa shape index (κ1) is 24.7. The van der Waals surface area contributed by atoms with Crippen LogP contribution in [0.5, 0.6) is 0 Å². The lowest BCUT2D eigenvalue weighted by Crippen LogP contribution is -2.28. The Bertz CT molecular complexity index is 1240. The minimum absolute atomic E-state index is 0.103. The maximum Gasteiger partial charge on any atom is 0.414 e. The van der Waals surface area contributed by atoms with Crippen LogP contribution in [0.2, 0.25) is 5.02 Å². The van der Waals surface area contributed by atoms with Crippen LogP contribution in [0.1, 0.15) is 18.9 Å². The molecule has 2 atom stereocenters. The maximum atomic E-state index is 12.8. The highest BCUT2D eigenvalue weighted by molar-refractivity contribution is 6.30. The molecule has 1 aliphatic heterocycles. The number of halogens is 4. The van der Waals surface area contributed by atoms with Crippen LogP contribution in [-0.2, 0) is 20.9 Å². The van der Waals surface area contributed by atoms with Crippen molar-refractivity contribution in [1.29, 1.82) is 0 Å². The molecule has 0 radical (unpaired) electrons. The molecular weight excluding hydrogens is 485 g/mol. The molecule has 2 amide bonds. The predicted octanol–water partition coefficient (Wildman–Crippen LogP) is 4.73. The SMILES string of the molecule is C[C@@H](OCc1cccc(-c2cc(NC(=O)[C@@H]3CNC(=O)C3)nn2-c2cccc(Cl)c2)c1)C(F)(F)F. The van der Waals surface area contributed by atoms with Gasteiger partial charge in [0.25, 0.3) is 0 Å². The lowest BCUT2D eigenvalue weighted by Gasteiger charge is -2.16. The fourth-order valence-electron chi connectivity index (χ4n) is 3.61. The molecule has 2 aromatic carbocycles. The number of anilines is 1. The molecule has 1 saturated heterocycles. The molecule has 184 valence electrons. The number of benzene rings is 2. The number of hydrogen-bond donors (Lipinski definition) is 2. The van der Waals surface area contributed by atoms with E-state index in [0.29, 0.717) is 27.5 Å². The van der Waals surface area contributed by atoms with Gasteiger partial charge in [0.15, 0.2) is 11.9 Å². The van der Waals surface area contributed by atoms with Gasteiger partial charge in [0.05, 0.1) is 23.9 Å². The highest BCUT2D eigenvalue weighted by Gasteiger charge is 2.36. The van der Waals surface area contributed by atoms with Crippen LogP contribution < -0.4 is 10.6 Å². The van der Waals surface area contributed by atoms with Gasteiger partial charge >= 0.3 is 6.18 Å². The molecule has 1 aliphatic rings. The number of nitrogens with zero attached hydrogens (tertiary/aromatic N) is 2. The average molecular weight is 507 g/mol. The largest absolute Gasteiger partial charge is 0.414 e. The lowest BCUT2D eigenvalue weighted by atomic mass is 10.1. The van der Waals surface area contributed by atoms with Gasteiger partial charge in [0, 0.05) is 29.6 Å². The molecule has 35 heavy (non-hydrogen) atoms. The van der Waals surface area contributed by atoms with Gasteiger partial charge in [-0.15, -0.1) is 5.10 Å². The molecule has 0 aliphatic carbocycles. The first-order chi connectivity index (χ1) is 16.6. The van der Waals surface area contributed by atoms with Crippen LogP contribution in [-0.4, -0.2) is 40.4 Å². The second kappa shape index (κ2) is 10.1. The van der Waals surface area contributed by atoms with Crippen molar-refractivity contribution in [2.75, 3.05) is 11.9 Å². The zero-order chi connectivity index (χ0) is 25.2. The highest BCUT2D eigenvalue weighted by Crippen LogP contribution is 2.29. The zero-order valence-corrected chi connectivity index (χ0v) is 19.4. The second-order valence-electron chi connectivity index (χ2n) is 8.20. The summed E-state index contributed by atoms with van der Waals surface area (Å²) in [6, 6.07) is 15.4. The van der Waals surface area contributed by atoms with E-state index in [9.17, 15) is 22.8 Å². The first-order valence-corrected chi connectivity index (χ1v) is 11.2. The Hall–Kier alpha value is -3.37. The van der Waals surface area contributed by atoms with Gasteiger partial charge in [-0.1, -0.05) is 35.9 Å². The molecular formula is C24H22ClF3N4O3. The van der Waals surface area contributed by atoms with Crippen LogP contribution in [0.4, 0.5) is 19.0 Å². The molecule has 2 N–H and O–H groups in total. The lowest BCUT2D eigenvalue weighted by molar-refractivity contribution is -0.217. The van der Waals surface area contributed by atoms with Crippen molar-refractivity contribution < 1.29 is 27.5 Å². The van der Waals surface area contributed by atoms with Crippen molar-refractivity contribution in [3.05, 3.63) is 65.2 Å². The quantitative estimate of drug-likeness (QED) is 0.485. The summed E-state index contributed by atoms with van der Waals surface area (Å²) >= 11 is 6.16. The highest BCUT2D eigenvalue weighted by atomic mass is 35.5. The maximum absolute atomic E-state index is 12.8. The first-order valence-electron chi connectivity index (χ1n) is 10.8. The van der Waals surface area contributed by atoms with E-state index < -0.39 is 18.2 Å². The molecule has 0 spiro atoms. The molecule has 7 nitrogen and oxygen atoms in total. The number of amides is 2. The van der Waals surface area contributed by atoms with Gasteiger partial charge in [-0.05, 0) is 36.8 Å². The van der Waals surface area contributed by atoms with Gasteiger partial charge in [-0.2, -0.15) is 13.2 Å². The third-order valence-electron chi connectivity index (χ3n) is 5.55. The predicted molar refractivity (Wildman–Crippen MR) is 124 cm³/mol. The molecule has 4 rings (SSSR count). The van der Waals surface area contributed by atoms with E-state index in [1.165, 1.54) is 0 Å². The molecule has 2 heterocycles. The van der Waals surface area contributed by atoms with Gasteiger partial charge in [-0.3, -0.25) is 9.59 Å². The Morgan fingerprint density at radius 3 is 2.71 bits per heavy atom. The normalized spacial score (nSPS) is 16.7.